The van der Waals surface area contributed by atoms with E-state index in [4.69, 9.17) is 5.73 Å². The zero-order chi connectivity index (χ0) is 12.3. The largest absolute Gasteiger partial charge is 0.329 e. The Morgan fingerprint density at radius 1 is 1.47 bits per heavy atom. The summed E-state index contributed by atoms with van der Waals surface area (Å²) in [6.07, 6.45) is 3.24. The fourth-order valence-electron chi connectivity index (χ4n) is 2.39. The summed E-state index contributed by atoms with van der Waals surface area (Å²) < 4.78 is 1.94. The molecule has 1 aromatic heterocycles. The molecule has 96 valence electrons. The van der Waals surface area contributed by atoms with E-state index in [0.717, 1.165) is 13.1 Å². The number of hydrogen-bond acceptors (Lipinski definition) is 4. The minimum atomic E-state index is 0.336. The van der Waals surface area contributed by atoms with Crippen LogP contribution in [0.5, 0.6) is 0 Å². The summed E-state index contributed by atoms with van der Waals surface area (Å²) in [5, 5.41) is 4.33. The third-order valence-electron chi connectivity index (χ3n) is 3.55. The fourth-order valence-corrected chi connectivity index (χ4v) is 3.29. The van der Waals surface area contributed by atoms with E-state index in [2.05, 4.69) is 16.9 Å². The van der Waals surface area contributed by atoms with Gasteiger partial charge in [-0.05, 0) is 25.6 Å². The number of aryl methyl sites for hydroxylation is 1. The highest BCUT2D eigenvalue weighted by Gasteiger charge is 2.23. The van der Waals surface area contributed by atoms with Crippen molar-refractivity contribution in [2.75, 3.05) is 31.1 Å². The summed E-state index contributed by atoms with van der Waals surface area (Å²) in [5.41, 5.74) is 8.51. The monoisotopic (exact) mass is 254 g/mol. The molecule has 0 bridgehead atoms. The van der Waals surface area contributed by atoms with Crippen molar-refractivity contribution < 1.29 is 0 Å². The summed E-state index contributed by atoms with van der Waals surface area (Å²) >= 11 is 2.05. The van der Waals surface area contributed by atoms with Crippen LogP contribution in [0, 0.1) is 6.92 Å². The fraction of sp³-hybridized carbons (Fsp3) is 0.750. The second kappa shape index (κ2) is 5.89. The van der Waals surface area contributed by atoms with E-state index >= 15 is 0 Å². The molecular formula is C12H22N4S. The lowest BCUT2D eigenvalue weighted by molar-refractivity contribution is 0.217. The van der Waals surface area contributed by atoms with Gasteiger partial charge in [0.25, 0.3) is 0 Å². The van der Waals surface area contributed by atoms with E-state index in [0.29, 0.717) is 12.6 Å². The van der Waals surface area contributed by atoms with Gasteiger partial charge in [-0.1, -0.05) is 0 Å². The minimum absolute atomic E-state index is 0.336. The predicted octanol–water partition coefficient (Wildman–Crippen LogP) is 1.17. The summed E-state index contributed by atoms with van der Waals surface area (Å²) in [6.45, 7) is 5.10. The Hall–Kier alpha value is -0.520. The van der Waals surface area contributed by atoms with Crippen LogP contribution in [0.2, 0.25) is 0 Å². The van der Waals surface area contributed by atoms with Crippen LogP contribution in [0.15, 0.2) is 6.20 Å². The third-order valence-corrected chi connectivity index (χ3v) is 4.60. The smallest absolute Gasteiger partial charge is 0.0540 e. The molecule has 0 saturated carbocycles. The molecule has 0 spiro atoms. The van der Waals surface area contributed by atoms with Crippen molar-refractivity contribution in [2.45, 2.75) is 19.4 Å². The molecule has 0 aliphatic carbocycles. The normalized spacial score (nSPS) is 20.2. The topological polar surface area (TPSA) is 47.1 Å². The Morgan fingerprint density at radius 3 is 2.94 bits per heavy atom. The van der Waals surface area contributed by atoms with Crippen LogP contribution in [-0.2, 0) is 7.05 Å². The van der Waals surface area contributed by atoms with Gasteiger partial charge in [0.05, 0.1) is 12.2 Å². The number of nitrogens with zero attached hydrogens (tertiary/aromatic N) is 3. The van der Waals surface area contributed by atoms with Crippen LogP contribution < -0.4 is 5.73 Å². The maximum atomic E-state index is 5.98. The number of hydrogen-bond donors (Lipinski definition) is 1. The zero-order valence-electron chi connectivity index (χ0n) is 10.7. The van der Waals surface area contributed by atoms with Gasteiger partial charge >= 0.3 is 0 Å². The van der Waals surface area contributed by atoms with Crippen LogP contribution in [0.25, 0.3) is 0 Å². The molecule has 1 aliphatic rings. The van der Waals surface area contributed by atoms with Gasteiger partial charge in [-0.25, -0.2) is 0 Å². The van der Waals surface area contributed by atoms with Crippen molar-refractivity contribution >= 4 is 11.8 Å². The molecule has 2 N–H and O–H groups in total. The number of aromatic nitrogens is 2. The molecule has 1 fully saturated rings. The van der Waals surface area contributed by atoms with Gasteiger partial charge in [0.2, 0.25) is 0 Å². The standard InChI is InChI=1S/C12H22N4S/c1-10-11(9-14-15(10)2)12(8-13)16-4-3-6-17-7-5-16/h9,12H,3-8,13H2,1-2H3. The van der Waals surface area contributed by atoms with Crippen molar-refractivity contribution in [3.05, 3.63) is 17.5 Å². The van der Waals surface area contributed by atoms with E-state index in [1.165, 1.54) is 29.2 Å². The van der Waals surface area contributed by atoms with Crippen LogP contribution >= 0.6 is 11.8 Å². The lowest BCUT2D eigenvalue weighted by Gasteiger charge is -2.29. The van der Waals surface area contributed by atoms with E-state index in [1.54, 1.807) is 0 Å². The van der Waals surface area contributed by atoms with Crippen molar-refractivity contribution in [3.8, 4) is 0 Å². The first-order valence-corrected chi connectivity index (χ1v) is 7.40. The van der Waals surface area contributed by atoms with E-state index in [-0.39, 0.29) is 0 Å². The molecule has 1 aromatic rings. The minimum Gasteiger partial charge on any atom is -0.329 e. The Morgan fingerprint density at radius 2 is 2.29 bits per heavy atom. The highest BCUT2D eigenvalue weighted by Crippen LogP contribution is 2.24. The van der Waals surface area contributed by atoms with Gasteiger partial charge in [-0.3, -0.25) is 9.58 Å². The maximum Gasteiger partial charge on any atom is 0.0540 e. The van der Waals surface area contributed by atoms with Crippen LogP contribution in [0.1, 0.15) is 23.7 Å². The summed E-state index contributed by atoms with van der Waals surface area (Å²) in [4.78, 5) is 2.52. The summed E-state index contributed by atoms with van der Waals surface area (Å²) in [5.74, 6) is 2.50. The zero-order valence-corrected chi connectivity index (χ0v) is 11.5. The van der Waals surface area contributed by atoms with Crippen molar-refractivity contribution in [1.29, 1.82) is 0 Å². The quantitative estimate of drug-likeness (QED) is 0.879. The second-order valence-electron chi connectivity index (χ2n) is 4.56. The highest BCUT2D eigenvalue weighted by atomic mass is 32.2. The number of thioether (sulfide) groups is 1. The Labute approximate surface area is 108 Å². The van der Waals surface area contributed by atoms with E-state index in [9.17, 15) is 0 Å². The third kappa shape index (κ3) is 2.84. The average molecular weight is 254 g/mol. The first kappa shape index (κ1) is 12.9. The molecular weight excluding hydrogens is 232 g/mol. The van der Waals surface area contributed by atoms with Crippen molar-refractivity contribution in [3.63, 3.8) is 0 Å². The molecule has 0 amide bonds. The van der Waals surface area contributed by atoms with Crippen molar-refractivity contribution in [1.82, 2.24) is 14.7 Å². The molecule has 1 aliphatic heterocycles. The summed E-state index contributed by atoms with van der Waals surface area (Å²) in [7, 11) is 1.99. The first-order chi connectivity index (χ1) is 8.24. The Bertz CT molecular complexity index is 355. The van der Waals surface area contributed by atoms with Gasteiger partial charge in [0, 0.05) is 37.1 Å². The summed E-state index contributed by atoms with van der Waals surface area (Å²) in [6, 6.07) is 0.336. The van der Waals surface area contributed by atoms with Crippen molar-refractivity contribution in [2.24, 2.45) is 12.8 Å². The molecule has 1 saturated heterocycles. The van der Waals surface area contributed by atoms with Gasteiger partial charge < -0.3 is 5.73 Å². The molecule has 1 unspecified atom stereocenters. The molecule has 1 atom stereocenters. The lowest BCUT2D eigenvalue weighted by atomic mass is 10.1. The SMILES string of the molecule is Cc1c(C(CN)N2CCCSCC2)cnn1C. The second-order valence-corrected chi connectivity index (χ2v) is 5.79. The van der Waals surface area contributed by atoms with Gasteiger partial charge in [-0.2, -0.15) is 16.9 Å². The van der Waals surface area contributed by atoms with Crippen LogP contribution in [0.3, 0.4) is 0 Å². The van der Waals surface area contributed by atoms with E-state index < -0.39 is 0 Å². The molecule has 2 heterocycles. The Kier molecular flexibility index (Phi) is 4.48. The number of nitrogens with two attached hydrogens (primary N) is 1. The average Bonchev–Trinajstić information content (AvgIpc) is 2.59. The molecule has 4 nitrogen and oxygen atoms in total. The molecule has 17 heavy (non-hydrogen) atoms. The molecule has 5 heteroatoms. The van der Waals surface area contributed by atoms with Gasteiger partial charge in [0.1, 0.15) is 0 Å². The molecule has 2 rings (SSSR count). The molecule has 0 aromatic carbocycles. The number of rotatable bonds is 3. The highest BCUT2D eigenvalue weighted by molar-refractivity contribution is 7.99. The maximum absolute atomic E-state index is 5.98. The predicted molar refractivity (Wildman–Crippen MR) is 73.3 cm³/mol. The Balaban J connectivity index is 2.17. The first-order valence-electron chi connectivity index (χ1n) is 6.24. The lowest BCUT2D eigenvalue weighted by Crippen LogP contribution is -2.35. The van der Waals surface area contributed by atoms with Gasteiger partial charge in [-0.15, -0.1) is 0 Å². The van der Waals surface area contributed by atoms with Crippen LogP contribution in [-0.4, -0.2) is 45.8 Å². The van der Waals surface area contributed by atoms with E-state index in [1.807, 2.05) is 29.7 Å². The molecule has 0 radical (unpaired) electrons. The van der Waals surface area contributed by atoms with Crippen LogP contribution in [0.4, 0.5) is 0 Å². The van der Waals surface area contributed by atoms with Gasteiger partial charge in [0.15, 0.2) is 0 Å².